The Kier molecular flexibility index (Phi) is 8.11. The number of H-pyrrole nitrogens is 1. The molecule has 6 heteroatoms. The number of hydrogen-bond acceptors (Lipinski definition) is 5. The Morgan fingerprint density at radius 3 is 2.77 bits per heavy atom. The molecule has 0 fully saturated rings. The smallest absolute Gasteiger partial charge is 0.149 e. The van der Waals surface area contributed by atoms with Crippen molar-refractivity contribution in [3.8, 4) is 11.3 Å². The minimum Gasteiger partial charge on any atom is -0.385 e. The van der Waals surface area contributed by atoms with E-state index in [-0.39, 0.29) is 0 Å². The second-order valence-corrected chi connectivity index (χ2v) is 7.69. The van der Waals surface area contributed by atoms with Crippen LogP contribution in [0.5, 0.6) is 0 Å². The number of nitrogens with zero attached hydrogens (tertiary/aromatic N) is 1. The molecular formula is C24H35N5O. The molecule has 162 valence electrons. The van der Waals surface area contributed by atoms with E-state index in [0.717, 1.165) is 60.8 Å². The summed E-state index contributed by atoms with van der Waals surface area (Å²) in [7, 11) is 3.80. The van der Waals surface area contributed by atoms with Gasteiger partial charge in [-0.15, -0.1) is 0 Å². The standard InChI is InChI=1S/C24H35N5O/c1-5-6-13-30-17(2)9-11-27-16-18-7-8-21-19(14-18)15-22(29-21)20-10-12-28-24(26-4)23(20)25-3/h7-8,10,12,14-15,17,25,27,29H,5-6,9,11,13,16H2,1-4H3,(H,26,28). The Hall–Kier alpha value is -2.57. The van der Waals surface area contributed by atoms with Crippen LogP contribution in [0.2, 0.25) is 0 Å². The van der Waals surface area contributed by atoms with Gasteiger partial charge in [-0.05, 0) is 56.1 Å². The van der Waals surface area contributed by atoms with Crippen molar-refractivity contribution in [1.29, 1.82) is 0 Å². The third-order valence-electron chi connectivity index (χ3n) is 5.37. The van der Waals surface area contributed by atoms with Gasteiger partial charge in [0, 0.05) is 55.6 Å². The van der Waals surface area contributed by atoms with Crippen LogP contribution >= 0.6 is 0 Å². The van der Waals surface area contributed by atoms with Gasteiger partial charge >= 0.3 is 0 Å². The highest BCUT2D eigenvalue weighted by molar-refractivity contribution is 5.91. The molecule has 3 rings (SSSR count). The van der Waals surface area contributed by atoms with E-state index in [1.165, 1.54) is 17.4 Å². The molecule has 6 nitrogen and oxygen atoms in total. The summed E-state index contributed by atoms with van der Waals surface area (Å²) < 4.78 is 5.81. The van der Waals surface area contributed by atoms with Gasteiger partial charge in [-0.1, -0.05) is 19.4 Å². The maximum atomic E-state index is 5.81. The molecule has 0 spiro atoms. The summed E-state index contributed by atoms with van der Waals surface area (Å²) in [5, 5.41) is 11.2. The molecule has 2 aromatic heterocycles. The predicted molar refractivity (Wildman–Crippen MR) is 127 cm³/mol. The first-order valence-corrected chi connectivity index (χ1v) is 10.9. The minimum atomic E-state index is 0.308. The van der Waals surface area contributed by atoms with E-state index in [2.05, 4.69) is 64.0 Å². The van der Waals surface area contributed by atoms with E-state index in [1.807, 2.05) is 26.4 Å². The van der Waals surface area contributed by atoms with Crippen LogP contribution in [0.1, 0.15) is 38.7 Å². The number of anilines is 2. The van der Waals surface area contributed by atoms with Crippen molar-refractivity contribution < 1.29 is 4.74 Å². The molecule has 0 aliphatic rings. The number of rotatable bonds is 12. The third-order valence-corrected chi connectivity index (χ3v) is 5.37. The number of aromatic amines is 1. The largest absolute Gasteiger partial charge is 0.385 e. The van der Waals surface area contributed by atoms with Crippen LogP contribution in [0.3, 0.4) is 0 Å². The fraction of sp³-hybridized carbons (Fsp3) is 0.458. The molecule has 0 aliphatic heterocycles. The average molecular weight is 410 g/mol. The summed E-state index contributed by atoms with van der Waals surface area (Å²) in [6.45, 7) is 7.03. The van der Waals surface area contributed by atoms with Crippen molar-refractivity contribution in [3.05, 3.63) is 42.1 Å². The van der Waals surface area contributed by atoms with E-state index in [9.17, 15) is 0 Å². The number of fused-ring (bicyclic) bond motifs is 1. The molecule has 1 aromatic carbocycles. The van der Waals surface area contributed by atoms with E-state index in [4.69, 9.17) is 4.74 Å². The Labute approximate surface area is 179 Å². The van der Waals surface area contributed by atoms with Crippen LogP contribution in [0.4, 0.5) is 11.5 Å². The number of unbranched alkanes of at least 4 members (excludes halogenated alkanes) is 1. The molecule has 0 amide bonds. The van der Waals surface area contributed by atoms with Gasteiger partial charge in [0.25, 0.3) is 0 Å². The molecule has 3 aromatic rings. The third kappa shape index (κ3) is 5.52. The number of ether oxygens (including phenoxy) is 1. The van der Waals surface area contributed by atoms with Crippen molar-refractivity contribution in [2.45, 2.75) is 45.8 Å². The van der Waals surface area contributed by atoms with Gasteiger partial charge in [-0.3, -0.25) is 0 Å². The van der Waals surface area contributed by atoms with E-state index < -0.39 is 0 Å². The van der Waals surface area contributed by atoms with Crippen LogP contribution < -0.4 is 16.0 Å². The normalized spacial score (nSPS) is 12.3. The van der Waals surface area contributed by atoms with Gasteiger partial charge in [0.15, 0.2) is 0 Å². The molecule has 4 N–H and O–H groups in total. The minimum absolute atomic E-state index is 0.308. The number of nitrogens with one attached hydrogen (secondary N) is 4. The maximum Gasteiger partial charge on any atom is 0.149 e. The van der Waals surface area contributed by atoms with Crippen LogP contribution in [0.15, 0.2) is 36.5 Å². The highest BCUT2D eigenvalue weighted by atomic mass is 16.5. The zero-order valence-electron chi connectivity index (χ0n) is 18.6. The van der Waals surface area contributed by atoms with Gasteiger partial charge in [0.1, 0.15) is 5.82 Å². The monoisotopic (exact) mass is 409 g/mol. The number of hydrogen-bond donors (Lipinski definition) is 4. The molecule has 1 atom stereocenters. The van der Waals surface area contributed by atoms with Gasteiger partial charge in [-0.25, -0.2) is 4.98 Å². The summed E-state index contributed by atoms with van der Waals surface area (Å²) in [5.41, 5.74) is 5.59. The summed E-state index contributed by atoms with van der Waals surface area (Å²) in [6, 6.07) is 10.8. The summed E-state index contributed by atoms with van der Waals surface area (Å²) in [5.74, 6) is 0.839. The van der Waals surface area contributed by atoms with Crippen molar-refractivity contribution in [1.82, 2.24) is 15.3 Å². The Morgan fingerprint density at radius 1 is 1.13 bits per heavy atom. The average Bonchev–Trinajstić information content (AvgIpc) is 3.19. The molecular weight excluding hydrogens is 374 g/mol. The first kappa shape index (κ1) is 22.1. The fourth-order valence-corrected chi connectivity index (χ4v) is 3.62. The number of pyridine rings is 1. The van der Waals surface area contributed by atoms with Gasteiger partial charge < -0.3 is 25.7 Å². The lowest BCUT2D eigenvalue weighted by atomic mass is 10.1. The molecule has 30 heavy (non-hydrogen) atoms. The second-order valence-electron chi connectivity index (χ2n) is 7.69. The molecule has 0 saturated carbocycles. The SMILES string of the molecule is CCCCOC(C)CCNCc1ccc2[nH]c(-c3ccnc(NC)c3NC)cc2c1. The van der Waals surface area contributed by atoms with E-state index >= 15 is 0 Å². The van der Waals surface area contributed by atoms with E-state index in [1.54, 1.807) is 0 Å². The fourth-order valence-electron chi connectivity index (χ4n) is 3.62. The number of aromatic nitrogens is 2. The molecule has 1 unspecified atom stereocenters. The highest BCUT2D eigenvalue weighted by Crippen LogP contribution is 2.33. The molecule has 0 radical (unpaired) electrons. The van der Waals surface area contributed by atoms with Crippen molar-refractivity contribution in [2.24, 2.45) is 0 Å². The van der Waals surface area contributed by atoms with Crippen molar-refractivity contribution in [3.63, 3.8) is 0 Å². The first-order valence-electron chi connectivity index (χ1n) is 10.9. The lowest BCUT2D eigenvalue weighted by molar-refractivity contribution is 0.0585. The van der Waals surface area contributed by atoms with Gasteiger partial charge in [0.2, 0.25) is 0 Å². The van der Waals surface area contributed by atoms with E-state index in [0.29, 0.717) is 6.10 Å². The molecule has 0 aliphatic carbocycles. The van der Waals surface area contributed by atoms with Gasteiger partial charge in [0.05, 0.1) is 11.8 Å². The Balaban J connectivity index is 1.63. The van der Waals surface area contributed by atoms with Crippen LogP contribution in [-0.2, 0) is 11.3 Å². The second kappa shape index (κ2) is 11.0. The maximum absolute atomic E-state index is 5.81. The zero-order valence-corrected chi connectivity index (χ0v) is 18.6. The van der Waals surface area contributed by atoms with Crippen LogP contribution in [0.25, 0.3) is 22.2 Å². The van der Waals surface area contributed by atoms with Crippen LogP contribution in [-0.4, -0.2) is 43.3 Å². The molecule has 0 bridgehead atoms. The zero-order chi connectivity index (χ0) is 21.3. The summed E-state index contributed by atoms with van der Waals surface area (Å²) in [6.07, 6.45) is 5.49. The quantitative estimate of drug-likeness (QED) is 0.317. The topological polar surface area (TPSA) is 74.0 Å². The van der Waals surface area contributed by atoms with Crippen molar-refractivity contribution >= 4 is 22.4 Å². The lowest BCUT2D eigenvalue weighted by Gasteiger charge is -2.13. The Bertz CT molecular complexity index is 936. The van der Waals surface area contributed by atoms with Crippen molar-refractivity contribution in [2.75, 3.05) is 37.9 Å². The van der Waals surface area contributed by atoms with Crippen LogP contribution in [0, 0.1) is 0 Å². The van der Waals surface area contributed by atoms with Gasteiger partial charge in [-0.2, -0.15) is 0 Å². The Morgan fingerprint density at radius 2 is 2.00 bits per heavy atom. The molecule has 2 heterocycles. The lowest BCUT2D eigenvalue weighted by Crippen LogP contribution is -2.20. The number of benzene rings is 1. The predicted octanol–water partition coefficient (Wildman–Crippen LogP) is 5.00. The molecule has 0 saturated heterocycles. The highest BCUT2D eigenvalue weighted by Gasteiger charge is 2.12. The first-order chi connectivity index (χ1) is 14.7. The summed E-state index contributed by atoms with van der Waals surface area (Å²) >= 11 is 0. The summed E-state index contributed by atoms with van der Waals surface area (Å²) in [4.78, 5) is 7.93.